The molecule has 4 rings (SSSR count). The Bertz CT molecular complexity index is 653. The van der Waals surface area contributed by atoms with E-state index in [-0.39, 0.29) is 0 Å². The van der Waals surface area contributed by atoms with Crippen LogP contribution < -0.4 is 10.2 Å². The Morgan fingerprint density at radius 2 is 2.09 bits per heavy atom. The zero-order valence-corrected chi connectivity index (χ0v) is 13.8. The second-order valence-corrected chi connectivity index (χ2v) is 7.18. The van der Waals surface area contributed by atoms with E-state index < -0.39 is 0 Å². The fourth-order valence-corrected chi connectivity index (χ4v) is 3.82. The molecule has 2 aromatic heterocycles. The van der Waals surface area contributed by atoms with Crippen molar-refractivity contribution in [2.45, 2.75) is 19.8 Å². The molecule has 0 amide bonds. The first-order chi connectivity index (χ1) is 11.2. The maximum atomic E-state index is 4.60. The molecule has 1 atom stereocenters. The summed E-state index contributed by atoms with van der Waals surface area (Å²) >= 11 is 0. The molecule has 4 heterocycles. The van der Waals surface area contributed by atoms with E-state index in [0.717, 1.165) is 44.2 Å². The molecule has 0 bridgehead atoms. The first kappa shape index (κ1) is 14.8. The van der Waals surface area contributed by atoms with Crippen LogP contribution in [0.2, 0.25) is 0 Å². The first-order valence-electron chi connectivity index (χ1n) is 8.57. The highest BCUT2D eigenvalue weighted by Crippen LogP contribution is 2.27. The van der Waals surface area contributed by atoms with E-state index in [1.54, 1.807) is 10.8 Å². The number of piperidine rings is 1. The van der Waals surface area contributed by atoms with Crippen molar-refractivity contribution in [2.75, 3.05) is 50.7 Å². The number of rotatable bonds is 3. The maximum Gasteiger partial charge on any atom is 0.177 e. The molecule has 0 aromatic carbocycles. The molecule has 7 nitrogen and oxygen atoms in total. The zero-order valence-electron chi connectivity index (χ0n) is 13.8. The number of aromatic nitrogens is 4. The minimum atomic E-state index is 0.431. The molecule has 2 aliphatic heterocycles. The van der Waals surface area contributed by atoms with Crippen LogP contribution in [0.5, 0.6) is 0 Å². The topological polar surface area (TPSA) is 61.6 Å². The normalized spacial score (nSPS) is 26.7. The van der Waals surface area contributed by atoms with Gasteiger partial charge in [-0.2, -0.15) is 4.52 Å². The van der Waals surface area contributed by atoms with Crippen molar-refractivity contribution in [2.24, 2.45) is 5.41 Å². The van der Waals surface area contributed by atoms with Gasteiger partial charge in [0.05, 0.1) is 0 Å². The number of nitrogens with one attached hydrogen (secondary N) is 1. The van der Waals surface area contributed by atoms with Crippen molar-refractivity contribution in [3.05, 3.63) is 18.5 Å². The van der Waals surface area contributed by atoms with Gasteiger partial charge in [-0.15, -0.1) is 15.3 Å². The third kappa shape index (κ3) is 3.16. The van der Waals surface area contributed by atoms with Crippen LogP contribution in [0.1, 0.15) is 19.8 Å². The highest BCUT2D eigenvalue weighted by Gasteiger charge is 2.30. The van der Waals surface area contributed by atoms with E-state index in [2.05, 4.69) is 37.3 Å². The van der Waals surface area contributed by atoms with Crippen molar-refractivity contribution in [1.82, 2.24) is 30.0 Å². The third-order valence-electron chi connectivity index (χ3n) is 5.13. The summed E-state index contributed by atoms with van der Waals surface area (Å²) in [4.78, 5) is 4.97. The van der Waals surface area contributed by atoms with Crippen molar-refractivity contribution in [1.29, 1.82) is 0 Å². The van der Waals surface area contributed by atoms with Gasteiger partial charge in [0.15, 0.2) is 5.65 Å². The lowest BCUT2D eigenvalue weighted by molar-refractivity contribution is 0.127. The molecule has 0 radical (unpaired) electrons. The summed E-state index contributed by atoms with van der Waals surface area (Å²) in [6.07, 6.45) is 4.30. The molecule has 2 fully saturated rings. The van der Waals surface area contributed by atoms with E-state index in [9.17, 15) is 0 Å². The van der Waals surface area contributed by atoms with E-state index in [4.69, 9.17) is 0 Å². The smallest absolute Gasteiger partial charge is 0.177 e. The van der Waals surface area contributed by atoms with Gasteiger partial charge in [0.2, 0.25) is 0 Å². The molecule has 1 N–H and O–H groups in total. The molecule has 1 unspecified atom stereocenters. The van der Waals surface area contributed by atoms with Gasteiger partial charge in [-0.3, -0.25) is 4.90 Å². The van der Waals surface area contributed by atoms with Crippen LogP contribution in [0.15, 0.2) is 18.5 Å². The minimum absolute atomic E-state index is 0.431. The van der Waals surface area contributed by atoms with Crippen molar-refractivity contribution < 1.29 is 0 Å². The van der Waals surface area contributed by atoms with Crippen LogP contribution in [-0.4, -0.2) is 70.5 Å². The first-order valence-corrected chi connectivity index (χ1v) is 8.57. The molecule has 124 valence electrons. The van der Waals surface area contributed by atoms with Crippen LogP contribution >= 0.6 is 0 Å². The molecule has 2 aromatic rings. The Morgan fingerprint density at radius 1 is 1.22 bits per heavy atom. The molecular weight excluding hydrogens is 290 g/mol. The van der Waals surface area contributed by atoms with Gasteiger partial charge in [-0.05, 0) is 36.9 Å². The van der Waals surface area contributed by atoms with Crippen LogP contribution in [0, 0.1) is 5.41 Å². The summed E-state index contributed by atoms with van der Waals surface area (Å²) in [5.41, 5.74) is 1.23. The number of hydrogen-bond donors (Lipinski definition) is 1. The number of anilines is 1. The molecule has 0 spiro atoms. The second-order valence-electron chi connectivity index (χ2n) is 7.18. The Hall–Kier alpha value is -1.73. The summed E-state index contributed by atoms with van der Waals surface area (Å²) in [7, 11) is 0. The summed E-state index contributed by atoms with van der Waals surface area (Å²) in [6, 6.07) is 4.03. The summed E-state index contributed by atoms with van der Waals surface area (Å²) in [5, 5.41) is 16.1. The van der Waals surface area contributed by atoms with Crippen LogP contribution in [0.4, 0.5) is 5.82 Å². The van der Waals surface area contributed by atoms with Crippen molar-refractivity contribution in [3.8, 4) is 0 Å². The minimum Gasteiger partial charge on any atom is -0.353 e. The van der Waals surface area contributed by atoms with Gasteiger partial charge in [-0.25, -0.2) is 0 Å². The zero-order chi connectivity index (χ0) is 15.7. The summed E-state index contributed by atoms with van der Waals surface area (Å²) in [6.45, 7) is 10.2. The van der Waals surface area contributed by atoms with Gasteiger partial charge in [-0.1, -0.05) is 6.92 Å². The predicted molar refractivity (Wildman–Crippen MR) is 89.6 cm³/mol. The van der Waals surface area contributed by atoms with Gasteiger partial charge in [0.1, 0.15) is 12.1 Å². The largest absolute Gasteiger partial charge is 0.353 e. The Morgan fingerprint density at radius 3 is 2.87 bits per heavy atom. The van der Waals surface area contributed by atoms with Crippen LogP contribution in [-0.2, 0) is 0 Å². The van der Waals surface area contributed by atoms with Gasteiger partial charge in [0.25, 0.3) is 0 Å². The van der Waals surface area contributed by atoms with Crippen LogP contribution in [0.25, 0.3) is 5.65 Å². The highest BCUT2D eigenvalue weighted by molar-refractivity contribution is 5.45. The van der Waals surface area contributed by atoms with Gasteiger partial charge < -0.3 is 10.2 Å². The molecule has 2 saturated heterocycles. The van der Waals surface area contributed by atoms with E-state index >= 15 is 0 Å². The van der Waals surface area contributed by atoms with Crippen molar-refractivity contribution >= 4 is 11.5 Å². The lowest BCUT2D eigenvalue weighted by Gasteiger charge is -2.42. The van der Waals surface area contributed by atoms with Gasteiger partial charge >= 0.3 is 0 Å². The van der Waals surface area contributed by atoms with E-state index in [1.165, 1.54) is 25.9 Å². The lowest BCUT2D eigenvalue weighted by atomic mass is 9.82. The number of hydrogen-bond acceptors (Lipinski definition) is 6. The van der Waals surface area contributed by atoms with E-state index in [0.29, 0.717) is 5.41 Å². The van der Waals surface area contributed by atoms with E-state index in [1.807, 2.05) is 12.1 Å². The standard InChI is InChI=1S/C16H25N7/c1-16(5-2-6-17-11-16)12-21-7-9-22(10-8-21)15-4-3-14-19-18-13-23(14)20-15/h3-4,13,17H,2,5-12H2,1H3. The molecular formula is C16H25N7. The fourth-order valence-electron chi connectivity index (χ4n) is 3.82. The molecule has 2 aliphatic rings. The second kappa shape index (κ2) is 6.05. The third-order valence-corrected chi connectivity index (χ3v) is 5.13. The summed E-state index contributed by atoms with van der Waals surface area (Å²) < 4.78 is 1.75. The fraction of sp³-hybridized carbons (Fsp3) is 0.688. The molecule has 0 saturated carbocycles. The maximum absolute atomic E-state index is 4.60. The molecule has 23 heavy (non-hydrogen) atoms. The Labute approximate surface area is 136 Å². The number of nitrogens with zero attached hydrogens (tertiary/aromatic N) is 6. The van der Waals surface area contributed by atoms with Gasteiger partial charge in [0, 0.05) is 39.3 Å². The molecule has 0 aliphatic carbocycles. The highest BCUT2D eigenvalue weighted by atomic mass is 15.4. The predicted octanol–water partition coefficient (Wildman–Crippen LogP) is 0.636. The average molecular weight is 315 g/mol. The summed E-state index contributed by atoms with van der Waals surface area (Å²) in [5.74, 6) is 1.02. The average Bonchev–Trinajstić information content (AvgIpc) is 3.03. The molecule has 7 heteroatoms. The monoisotopic (exact) mass is 315 g/mol. The Balaban J connectivity index is 1.36. The van der Waals surface area contributed by atoms with Crippen LogP contribution in [0.3, 0.4) is 0 Å². The quantitative estimate of drug-likeness (QED) is 0.897. The number of fused-ring (bicyclic) bond motifs is 1. The van der Waals surface area contributed by atoms with Crippen molar-refractivity contribution in [3.63, 3.8) is 0 Å². The number of piperazine rings is 1. The SMILES string of the molecule is CC1(CN2CCN(c3ccc4nncn4n3)CC2)CCCNC1. The Kier molecular flexibility index (Phi) is 3.90. The lowest BCUT2D eigenvalue weighted by Crippen LogP contribution is -2.52.